The monoisotopic (exact) mass is 185 g/mol. The minimum absolute atomic E-state index is 0.0417. The SMILES string of the molecule is CC(C)[C@@H](C(=O)C(C)(C)C)N(C)C. The van der Waals surface area contributed by atoms with Crippen molar-refractivity contribution < 1.29 is 4.79 Å². The fourth-order valence-corrected chi connectivity index (χ4v) is 1.58. The van der Waals surface area contributed by atoms with Gasteiger partial charge in [0.25, 0.3) is 0 Å². The Morgan fingerprint density at radius 1 is 1.15 bits per heavy atom. The van der Waals surface area contributed by atoms with E-state index in [2.05, 4.69) is 13.8 Å². The Balaban J connectivity index is 4.68. The zero-order chi connectivity index (χ0) is 10.8. The van der Waals surface area contributed by atoms with Crippen LogP contribution in [-0.4, -0.2) is 30.8 Å². The molecule has 0 aliphatic heterocycles. The van der Waals surface area contributed by atoms with E-state index in [-0.39, 0.29) is 11.5 Å². The third-order valence-corrected chi connectivity index (χ3v) is 2.20. The summed E-state index contributed by atoms with van der Waals surface area (Å²) in [6.07, 6.45) is 0. The Morgan fingerprint density at radius 2 is 1.54 bits per heavy atom. The predicted molar refractivity (Wildman–Crippen MR) is 56.8 cm³/mol. The van der Waals surface area contributed by atoms with Gasteiger partial charge < -0.3 is 0 Å². The Bertz CT molecular complexity index is 169. The van der Waals surface area contributed by atoms with Crippen molar-refractivity contribution in [2.24, 2.45) is 11.3 Å². The number of ketones is 1. The number of hydrogen-bond acceptors (Lipinski definition) is 2. The highest BCUT2D eigenvalue weighted by Gasteiger charge is 2.32. The van der Waals surface area contributed by atoms with E-state index >= 15 is 0 Å². The number of nitrogens with zero attached hydrogens (tertiary/aromatic N) is 1. The van der Waals surface area contributed by atoms with E-state index in [1.54, 1.807) is 0 Å². The van der Waals surface area contributed by atoms with Crippen LogP contribution < -0.4 is 0 Å². The highest BCUT2D eigenvalue weighted by Crippen LogP contribution is 2.22. The molecule has 0 amide bonds. The molecule has 2 nitrogen and oxygen atoms in total. The summed E-state index contributed by atoms with van der Waals surface area (Å²) in [6, 6.07) is 0.0417. The molecule has 78 valence electrons. The average Bonchev–Trinajstić information content (AvgIpc) is 1.82. The second-order valence-corrected chi connectivity index (χ2v) is 5.27. The van der Waals surface area contributed by atoms with E-state index in [9.17, 15) is 4.79 Å². The normalized spacial score (nSPS) is 15.2. The van der Waals surface area contributed by atoms with Gasteiger partial charge in [-0.15, -0.1) is 0 Å². The van der Waals surface area contributed by atoms with Crippen molar-refractivity contribution >= 4 is 5.78 Å². The number of likely N-dealkylation sites (N-methyl/N-ethyl adjacent to an activating group) is 1. The molecule has 0 aliphatic rings. The summed E-state index contributed by atoms with van der Waals surface area (Å²) in [5.74, 6) is 0.703. The first-order chi connectivity index (χ1) is 5.68. The molecular formula is C11H23NO. The number of Topliss-reactive ketones (excluding diaryl/α,β-unsaturated/α-hetero) is 1. The van der Waals surface area contributed by atoms with E-state index < -0.39 is 0 Å². The molecule has 0 saturated heterocycles. The third kappa shape index (κ3) is 3.47. The smallest absolute Gasteiger partial charge is 0.155 e. The van der Waals surface area contributed by atoms with Gasteiger partial charge in [-0.2, -0.15) is 0 Å². The van der Waals surface area contributed by atoms with Crippen LogP contribution in [0.2, 0.25) is 0 Å². The van der Waals surface area contributed by atoms with Gasteiger partial charge in [-0.25, -0.2) is 0 Å². The van der Waals surface area contributed by atoms with Crippen molar-refractivity contribution in [3.8, 4) is 0 Å². The van der Waals surface area contributed by atoms with Crippen LogP contribution in [0.5, 0.6) is 0 Å². The van der Waals surface area contributed by atoms with Gasteiger partial charge in [0.1, 0.15) is 0 Å². The van der Waals surface area contributed by atoms with E-state index in [1.807, 2.05) is 39.8 Å². The molecule has 0 unspecified atom stereocenters. The fourth-order valence-electron chi connectivity index (χ4n) is 1.58. The standard InChI is InChI=1S/C11H23NO/c1-8(2)9(12(6)7)10(13)11(3,4)5/h8-9H,1-7H3/t9-/m0/s1. The highest BCUT2D eigenvalue weighted by molar-refractivity contribution is 5.88. The molecule has 0 rings (SSSR count). The lowest BCUT2D eigenvalue weighted by Crippen LogP contribution is -2.45. The van der Waals surface area contributed by atoms with Gasteiger partial charge in [-0.3, -0.25) is 9.69 Å². The lowest BCUT2D eigenvalue weighted by Gasteiger charge is -2.32. The van der Waals surface area contributed by atoms with Gasteiger partial charge in [0.2, 0.25) is 0 Å². The molecule has 0 heterocycles. The van der Waals surface area contributed by atoms with Gasteiger partial charge in [0, 0.05) is 5.41 Å². The molecule has 0 aromatic rings. The van der Waals surface area contributed by atoms with Crippen molar-refractivity contribution in [2.75, 3.05) is 14.1 Å². The van der Waals surface area contributed by atoms with E-state index in [0.717, 1.165) is 0 Å². The molecule has 0 aromatic heterocycles. The molecule has 0 radical (unpaired) electrons. The molecule has 1 atom stereocenters. The van der Waals surface area contributed by atoms with Crippen molar-refractivity contribution in [3.05, 3.63) is 0 Å². The van der Waals surface area contributed by atoms with Gasteiger partial charge in [-0.1, -0.05) is 34.6 Å². The Morgan fingerprint density at radius 3 is 1.62 bits per heavy atom. The minimum atomic E-state index is -0.237. The number of carbonyl (C=O) groups excluding carboxylic acids is 1. The Labute approximate surface area is 82.3 Å². The maximum Gasteiger partial charge on any atom is 0.155 e. The first kappa shape index (κ1) is 12.6. The zero-order valence-corrected chi connectivity index (χ0v) is 10.0. The van der Waals surface area contributed by atoms with Crippen molar-refractivity contribution in [1.29, 1.82) is 0 Å². The molecule has 0 aliphatic carbocycles. The van der Waals surface area contributed by atoms with Gasteiger partial charge in [-0.05, 0) is 20.0 Å². The topological polar surface area (TPSA) is 20.3 Å². The van der Waals surface area contributed by atoms with Crippen LogP contribution in [0.25, 0.3) is 0 Å². The lowest BCUT2D eigenvalue weighted by molar-refractivity contribution is -0.132. The summed E-state index contributed by atoms with van der Waals surface area (Å²) in [7, 11) is 3.93. The summed E-state index contributed by atoms with van der Waals surface area (Å²) in [6.45, 7) is 10.1. The van der Waals surface area contributed by atoms with E-state index in [4.69, 9.17) is 0 Å². The Hall–Kier alpha value is -0.370. The fraction of sp³-hybridized carbons (Fsp3) is 0.909. The molecule has 0 fully saturated rings. The van der Waals surface area contributed by atoms with Crippen molar-refractivity contribution in [1.82, 2.24) is 4.90 Å². The third-order valence-electron chi connectivity index (χ3n) is 2.20. The molecule has 13 heavy (non-hydrogen) atoms. The van der Waals surface area contributed by atoms with E-state index in [0.29, 0.717) is 11.7 Å². The zero-order valence-electron chi connectivity index (χ0n) is 10.0. The predicted octanol–water partition coefficient (Wildman–Crippen LogP) is 2.19. The molecule has 0 saturated carbocycles. The van der Waals surface area contributed by atoms with Crippen molar-refractivity contribution in [2.45, 2.75) is 40.7 Å². The van der Waals surface area contributed by atoms with Gasteiger partial charge in [0.05, 0.1) is 6.04 Å². The molecule has 0 bridgehead atoms. The highest BCUT2D eigenvalue weighted by atomic mass is 16.1. The number of rotatable bonds is 3. The van der Waals surface area contributed by atoms with Gasteiger partial charge >= 0.3 is 0 Å². The number of hydrogen-bond donors (Lipinski definition) is 0. The van der Waals surface area contributed by atoms with Crippen LogP contribution in [0.3, 0.4) is 0 Å². The maximum atomic E-state index is 12.0. The van der Waals surface area contributed by atoms with Crippen LogP contribution in [0.1, 0.15) is 34.6 Å². The Kier molecular flexibility index (Phi) is 4.11. The quantitative estimate of drug-likeness (QED) is 0.671. The van der Waals surface area contributed by atoms with Crippen LogP contribution in [0.4, 0.5) is 0 Å². The van der Waals surface area contributed by atoms with Gasteiger partial charge in [0.15, 0.2) is 5.78 Å². The van der Waals surface area contributed by atoms with Crippen molar-refractivity contribution in [3.63, 3.8) is 0 Å². The van der Waals surface area contributed by atoms with Crippen LogP contribution >= 0.6 is 0 Å². The summed E-state index contributed by atoms with van der Waals surface area (Å²) < 4.78 is 0. The first-order valence-electron chi connectivity index (χ1n) is 4.88. The summed E-state index contributed by atoms with van der Waals surface area (Å²) in [4.78, 5) is 14.0. The maximum absolute atomic E-state index is 12.0. The summed E-state index contributed by atoms with van der Waals surface area (Å²) in [5.41, 5.74) is -0.237. The van der Waals surface area contributed by atoms with E-state index in [1.165, 1.54) is 0 Å². The largest absolute Gasteiger partial charge is 0.300 e. The minimum Gasteiger partial charge on any atom is -0.300 e. The second-order valence-electron chi connectivity index (χ2n) is 5.27. The summed E-state index contributed by atoms with van der Waals surface area (Å²) >= 11 is 0. The van der Waals surface area contributed by atoms with Crippen LogP contribution in [0, 0.1) is 11.3 Å². The van der Waals surface area contributed by atoms with Crippen LogP contribution in [0.15, 0.2) is 0 Å². The first-order valence-corrected chi connectivity index (χ1v) is 4.88. The molecule has 2 heteroatoms. The molecule has 0 spiro atoms. The molecule has 0 aromatic carbocycles. The second kappa shape index (κ2) is 4.23. The molecule has 0 N–H and O–H groups in total. The average molecular weight is 185 g/mol. The molecular weight excluding hydrogens is 162 g/mol. The number of carbonyl (C=O) groups is 1. The van der Waals surface area contributed by atoms with Crippen LogP contribution in [-0.2, 0) is 4.79 Å². The summed E-state index contributed by atoms with van der Waals surface area (Å²) in [5, 5.41) is 0. The lowest BCUT2D eigenvalue weighted by atomic mass is 9.82.